The van der Waals surface area contributed by atoms with Gasteiger partial charge in [0.25, 0.3) is 11.9 Å². The molecule has 176 valence electrons. The Balaban J connectivity index is 1.52. The van der Waals surface area contributed by atoms with Crippen molar-refractivity contribution in [3.8, 4) is 5.95 Å². The number of anilines is 1. The molecular weight excluding hydrogens is 422 g/mol. The summed E-state index contributed by atoms with van der Waals surface area (Å²) in [6, 6.07) is 3.01. The monoisotopic (exact) mass is 453 g/mol. The molecular formula is C23H31N7O3. The fourth-order valence-electron chi connectivity index (χ4n) is 5.52. The van der Waals surface area contributed by atoms with E-state index in [9.17, 15) is 14.4 Å². The highest BCUT2D eigenvalue weighted by Crippen LogP contribution is 2.46. The highest BCUT2D eigenvalue weighted by Gasteiger charge is 2.56. The van der Waals surface area contributed by atoms with E-state index in [1.54, 1.807) is 13.0 Å². The Hall–Kier alpha value is -3.30. The quantitative estimate of drug-likeness (QED) is 0.687. The van der Waals surface area contributed by atoms with Gasteiger partial charge in [0.2, 0.25) is 5.91 Å². The number of nitrogens with zero attached hydrogens (tertiary/aromatic N) is 5. The Labute approximate surface area is 193 Å². The van der Waals surface area contributed by atoms with Crippen molar-refractivity contribution in [3.05, 3.63) is 29.2 Å². The second-order valence-corrected chi connectivity index (χ2v) is 10.3. The van der Waals surface area contributed by atoms with Crippen LogP contribution in [0.15, 0.2) is 12.1 Å². The predicted octanol–water partition coefficient (Wildman–Crippen LogP) is 2.66. The van der Waals surface area contributed by atoms with Crippen molar-refractivity contribution in [2.45, 2.75) is 66.3 Å². The minimum Gasteiger partial charge on any atom is -0.323 e. The van der Waals surface area contributed by atoms with Gasteiger partial charge >= 0.3 is 6.03 Å². The van der Waals surface area contributed by atoms with Gasteiger partial charge in [-0.2, -0.15) is 9.78 Å². The van der Waals surface area contributed by atoms with Crippen LogP contribution in [0.4, 0.5) is 10.6 Å². The van der Waals surface area contributed by atoms with Crippen molar-refractivity contribution >= 4 is 23.7 Å². The van der Waals surface area contributed by atoms with Crippen LogP contribution in [0.2, 0.25) is 0 Å². The molecule has 0 aromatic carbocycles. The van der Waals surface area contributed by atoms with E-state index in [4.69, 9.17) is 0 Å². The zero-order valence-electron chi connectivity index (χ0n) is 20.0. The fraction of sp³-hybridized carbons (Fsp3) is 0.565. The number of carbonyl (C=O) groups excluding carboxylic acids is 3. The van der Waals surface area contributed by atoms with Gasteiger partial charge in [-0.3, -0.25) is 14.5 Å². The third-order valence-electron chi connectivity index (χ3n) is 6.18. The smallest absolute Gasteiger partial charge is 0.323 e. The van der Waals surface area contributed by atoms with Crippen LogP contribution in [-0.4, -0.2) is 54.6 Å². The maximum absolute atomic E-state index is 13.3. The van der Waals surface area contributed by atoms with Crippen LogP contribution in [0.25, 0.3) is 5.95 Å². The van der Waals surface area contributed by atoms with Crippen LogP contribution in [0, 0.1) is 32.1 Å². The number of imide groups is 1. The molecule has 2 atom stereocenters. The summed E-state index contributed by atoms with van der Waals surface area (Å²) < 4.78 is 1.45. The van der Waals surface area contributed by atoms with Gasteiger partial charge in [0.05, 0.1) is 5.69 Å². The number of nitrogens with one attached hydrogen (secondary N) is 2. The van der Waals surface area contributed by atoms with Gasteiger partial charge in [-0.05, 0) is 57.4 Å². The minimum atomic E-state index is -0.941. The zero-order chi connectivity index (χ0) is 24.1. The van der Waals surface area contributed by atoms with Gasteiger partial charge in [-0.25, -0.2) is 14.8 Å². The molecule has 1 saturated heterocycles. The number of aromatic nitrogens is 4. The molecule has 2 aromatic rings. The van der Waals surface area contributed by atoms with Crippen molar-refractivity contribution in [1.82, 2.24) is 30.0 Å². The minimum absolute atomic E-state index is 0.0746. The van der Waals surface area contributed by atoms with Crippen LogP contribution in [0.3, 0.4) is 0 Å². The fourth-order valence-corrected chi connectivity index (χ4v) is 5.52. The van der Waals surface area contributed by atoms with Crippen molar-refractivity contribution < 1.29 is 14.4 Å². The average Bonchev–Trinajstić information content (AvgIpc) is 3.11. The van der Waals surface area contributed by atoms with E-state index < -0.39 is 17.5 Å². The lowest BCUT2D eigenvalue weighted by Crippen LogP contribution is -2.54. The highest BCUT2D eigenvalue weighted by atomic mass is 16.2. The SMILES string of the molecule is Cc1cc(C)nc(-n2nc(C)cc2NC(=O)CN2C(=O)NC3(CC(C)CC(C)(C)C3)C2=O)n1. The Bertz CT molecular complexity index is 1120. The first kappa shape index (κ1) is 22.9. The third kappa shape index (κ3) is 4.46. The summed E-state index contributed by atoms with van der Waals surface area (Å²) in [7, 11) is 0. The Morgan fingerprint density at radius 3 is 2.42 bits per heavy atom. The summed E-state index contributed by atoms with van der Waals surface area (Å²) in [6.45, 7) is 11.4. The van der Waals surface area contributed by atoms with E-state index in [1.807, 2.05) is 19.9 Å². The Kier molecular flexibility index (Phi) is 5.50. The molecule has 2 unspecified atom stereocenters. The van der Waals surface area contributed by atoms with Crippen LogP contribution in [-0.2, 0) is 9.59 Å². The molecule has 0 radical (unpaired) electrons. The second-order valence-electron chi connectivity index (χ2n) is 10.3. The number of amides is 4. The number of hydrogen-bond donors (Lipinski definition) is 2. The Morgan fingerprint density at radius 1 is 1.12 bits per heavy atom. The molecule has 2 aliphatic rings. The lowest BCUT2D eigenvalue weighted by atomic mass is 9.64. The molecule has 4 amide bonds. The summed E-state index contributed by atoms with van der Waals surface area (Å²) >= 11 is 0. The van der Waals surface area contributed by atoms with Crippen LogP contribution in [0.5, 0.6) is 0 Å². The summed E-state index contributed by atoms with van der Waals surface area (Å²) in [5, 5.41) is 10.0. The number of rotatable bonds is 4. The predicted molar refractivity (Wildman–Crippen MR) is 122 cm³/mol. The van der Waals surface area contributed by atoms with Crippen LogP contribution >= 0.6 is 0 Å². The van der Waals surface area contributed by atoms with Crippen LogP contribution in [0.1, 0.15) is 57.1 Å². The van der Waals surface area contributed by atoms with Gasteiger partial charge in [-0.15, -0.1) is 0 Å². The Morgan fingerprint density at radius 2 is 1.79 bits per heavy atom. The van der Waals surface area contributed by atoms with Gasteiger partial charge in [0.15, 0.2) is 0 Å². The molecule has 1 spiro atoms. The molecule has 10 nitrogen and oxygen atoms in total. The third-order valence-corrected chi connectivity index (χ3v) is 6.18. The van der Waals surface area contributed by atoms with E-state index in [2.05, 4.69) is 46.5 Å². The number of carbonyl (C=O) groups is 3. The van der Waals surface area contributed by atoms with E-state index in [-0.39, 0.29) is 17.9 Å². The van der Waals surface area contributed by atoms with Gasteiger partial charge in [-0.1, -0.05) is 20.8 Å². The highest BCUT2D eigenvalue weighted by molar-refractivity contribution is 6.10. The molecule has 1 saturated carbocycles. The molecule has 33 heavy (non-hydrogen) atoms. The van der Waals surface area contributed by atoms with Gasteiger partial charge in [0.1, 0.15) is 17.9 Å². The molecule has 2 N–H and O–H groups in total. The lowest BCUT2D eigenvalue weighted by Gasteiger charge is -2.43. The number of aryl methyl sites for hydroxylation is 3. The maximum atomic E-state index is 13.3. The van der Waals surface area contributed by atoms with Crippen molar-refractivity contribution in [3.63, 3.8) is 0 Å². The van der Waals surface area contributed by atoms with E-state index in [1.165, 1.54) is 4.68 Å². The van der Waals surface area contributed by atoms with Crippen LogP contribution < -0.4 is 10.6 Å². The van der Waals surface area contributed by atoms with E-state index in [0.717, 1.165) is 22.7 Å². The number of urea groups is 1. The standard InChI is InChI=1S/C23H31N7O3/c1-13-9-22(5,6)12-23(10-13)19(32)29(21(33)27-23)11-18(31)26-17-8-16(4)28-30(17)20-24-14(2)7-15(3)25-20/h7-8,13H,9-12H2,1-6H3,(H,26,31)(H,27,33). The van der Waals surface area contributed by atoms with Crippen molar-refractivity contribution in [1.29, 1.82) is 0 Å². The zero-order valence-corrected chi connectivity index (χ0v) is 20.0. The molecule has 1 aliphatic carbocycles. The first-order valence-electron chi connectivity index (χ1n) is 11.2. The largest absolute Gasteiger partial charge is 0.325 e. The number of hydrogen-bond acceptors (Lipinski definition) is 6. The normalized spacial score (nSPS) is 24.3. The summed E-state index contributed by atoms with van der Waals surface area (Å²) in [5.74, 6) is 0.177. The maximum Gasteiger partial charge on any atom is 0.325 e. The topological polar surface area (TPSA) is 122 Å². The molecule has 3 heterocycles. The summed E-state index contributed by atoms with van der Waals surface area (Å²) in [4.78, 5) is 48.7. The first-order valence-corrected chi connectivity index (χ1v) is 11.2. The molecule has 4 rings (SSSR count). The van der Waals surface area contributed by atoms with Gasteiger partial charge < -0.3 is 10.6 Å². The molecule has 0 bridgehead atoms. The molecule has 10 heteroatoms. The lowest BCUT2D eigenvalue weighted by molar-refractivity contribution is -0.136. The molecule has 2 fully saturated rings. The molecule has 2 aromatic heterocycles. The van der Waals surface area contributed by atoms with Crippen molar-refractivity contribution in [2.24, 2.45) is 11.3 Å². The summed E-state index contributed by atoms with van der Waals surface area (Å²) in [6.07, 6.45) is 2.13. The van der Waals surface area contributed by atoms with E-state index >= 15 is 0 Å². The molecule has 1 aliphatic heterocycles. The average molecular weight is 454 g/mol. The first-order chi connectivity index (χ1) is 15.4. The van der Waals surface area contributed by atoms with E-state index in [0.29, 0.717) is 36.2 Å². The summed E-state index contributed by atoms with van der Waals surface area (Å²) in [5.41, 5.74) is 1.20. The second kappa shape index (κ2) is 7.93. The van der Waals surface area contributed by atoms with Gasteiger partial charge in [0, 0.05) is 17.5 Å². The van der Waals surface area contributed by atoms with Crippen molar-refractivity contribution in [2.75, 3.05) is 11.9 Å².